The van der Waals surface area contributed by atoms with Gasteiger partial charge in [-0.05, 0) is 54.6 Å². The van der Waals surface area contributed by atoms with Gasteiger partial charge in [-0.2, -0.15) is 0 Å². The van der Waals surface area contributed by atoms with Crippen molar-refractivity contribution in [1.82, 2.24) is 9.13 Å². The lowest BCUT2D eigenvalue weighted by Crippen LogP contribution is -2.00. The highest BCUT2D eigenvalue weighted by Crippen LogP contribution is 2.45. The third kappa shape index (κ3) is 3.01. The zero-order valence-corrected chi connectivity index (χ0v) is 21.0. The van der Waals surface area contributed by atoms with Crippen molar-refractivity contribution >= 4 is 55.1 Å². The fraction of sp³-hybridized carbons (Fsp3) is 0. The maximum absolute atomic E-state index is 6.84. The van der Waals surface area contributed by atoms with Gasteiger partial charge in [-0.15, -0.1) is 0 Å². The first-order valence-electron chi connectivity index (χ1n) is 13.0. The second kappa shape index (κ2) is 8.04. The average molecular weight is 505 g/mol. The molecule has 4 N–H and O–H groups in total. The van der Waals surface area contributed by atoms with E-state index in [2.05, 4.69) is 81.9 Å². The van der Waals surface area contributed by atoms with Crippen molar-refractivity contribution in [2.24, 2.45) is 0 Å². The van der Waals surface area contributed by atoms with Crippen LogP contribution in [0.3, 0.4) is 0 Å². The molecule has 8 rings (SSSR count). The molecule has 0 saturated carbocycles. The Labute approximate surface area is 224 Å². The van der Waals surface area contributed by atoms with E-state index in [0.29, 0.717) is 17.1 Å². The fourth-order valence-electron chi connectivity index (χ4n) is 5.95. The lowest BCUT2D eigenvalue weighted by atomic mass is 10.1. The Morgan fingerprint density at radius 3 is 1.85 bits per heavy atom. The van der Waals surface area contributed by atoms with Gasteiger partial charge in [-0.1, -0.05) is 66.7 Å². The van der Waals surface area contributed by atoms with Crippen LogP contribution in [0.25, 0.3) is 66.5 Å². The molecule has 0 fully saturated rings. The highest BCUT2D eigenvalue weighted by molar-refractivity contribution is 6.11. The lowest BCUT2D eigenvalue weighted by molar-refractivity contribution is 0.629. The third-order valence-electron chi connectivity index (χ3n) is 7.69. The van der Waals surface area contributed by atoms with E-state index in [-0.39, 0.29) is 0 Å². The summed E-state index contributed by atoms with van der Waals surface area (Å²) in [7, 11) is 0. The van der Waals surface area contributed by atoms with E-state index >= 15 is 0 Å². The summed E-state index contributed by atoms with van der Waals surface area (Å²) < 4.78 is 10.8. The van der Waals surface area contributed by atoms with Crippen molar-refractivity contribution in [3.63, 3.8) is 0 Å². The molecule has 0 saturated heterocycles. The summed E-state index contributed by atoms with van der Waals surface area (Å²) in [5, 5.41) is 4.18. The number of hydrogen-bond acceptors (Lipinski definition) is 3. The molecule has 0 spiro atoms. The number of hydrogen-bond donors (Lipinski definition) is 2. The minimum absolute atomic E-state index is 0.580. The van der Waals surface area contributed by atoms with E-state index < -0.39 is 0 Å². The zero-order chi connectivity index (χ0) is 26.1. The van der Waals surface area contributed by atoms with E-state index in [1.807, 2.05) is 48.5 Å². The highest BCUT2D eigenvalue weighted by Gasteiger charge is 2.24. The number of anilines is 2. The molecular weight excluding hydrogens is 480 g/mol. The molecule has 0 radical (unpaired) electrons. The largest absolute Gasteiger partial charge is 0.452 e. The monoisotopic (exact) mass is 504 g/mol. The Kier molecular flexibility index (Phi) is 4.46. The fourth-order valence-corrected chi connectivity index (χ4v) is 5.95. The van der Waals surface area contributed by atoms with Crippen LogP contribution >= 0.6 is 0 Å². The van der Waals surface area contributed by atoms with Crippen LogP contribution in [-0.2, 0) is 0 Å². The Morgan fingerprint density at radius 1 is 0.462 bits per heavy atom. The van der Waals surface area contributed by atoms with Crippen LogP contribution < -0.4 is 11.5 Å². The van der Waals surface area contributed by atoms with Crippen LogP contribution in [-0.4, -0.2) is 9.13 Å². The van der Waals surface area contributed by atoms with Crippen molar-refractivity contribution in [1.29, 1.82) is 0 Å². The van der Waals surface area contributed by atoms with E-state index in [4.69, 9.17) is 15.9 Å². The topological polar surface area (TPSA) is 75.0 Å². The lowest BCUT2D eigenvalue weighted by Gasteiger charge is -2.12. The van der Waals surface area contributed by atoms with Crippen molar-refractivity contribution in [2.45, 2.75) is 0 Å². The Hall–Kier alpha value is -5.42. The second-order valence-corrected chi connectivity index (χ2v) is 9.85. The quantitative estimate of drug-likeness (QED) is 0.254. The second-order valence-electron chi connectivity index (χ2n) is 9.85. The van der Waals surface area contributed by atoms with Gasteiger partial charge in [0.2, 0.25) is 0 Å². The van der Waals surface area contributed by atoms with Gasteiger partial charge in [-0.3, -0.25) is 0 Å². The minimum Gasteiger partial charge on any atom is -0.452 e. The number of fused-ring (bicyclic) bond motifs is 5. The molecular formula is C34H24N4O. The van der Waals surface area contributed by atoms with Gasteiger partial charge < -0.3 is 25.0 Å². The standard InChI is InChI=1S/C34H24N4O/c35-31-24-13-5-8-16-28(24)38(33(31)34-32(36)25-14-6-9-17-30(25)39-34)22-18-19-29-26(20-22)23-12-4-7-15-27(23)37(29)21-10-2-1-3-11-21/h1-20H,35-36H2. The van der Waals surface area contributed by atoms with Crippen LogP contribution in [0.5, 0.6) is 0 Å². The molecule has 0 aliphatic rings. The van der Waals surface area contributed by atoms with E-state index in [9.17, 15) is 0 Å². The first-order chi connectivity index (χ1) is 19.2. The van der Waals surface area contributed by atoms with Crippen molar-refractivity contribution in [3.8, 4) is 22.8 Å². The maximum atomic E-state index is 6.84. The van der Waals surface area contributed by atoms with Gasteiger partial charge in [0.05, 0.1) is 27.9 Å². The number of para-hydroxylation sites is 4. The van der Waals surface area contributed by atoms with Gasteiger partial charge in [0.25, 0.3) is 0 Å². The summed E-state index contributed by atoms with van der Waals surface area (Å²) in [6, 6.07) is 41.6. The van der Waals surface area contributed by atoms with Crippen molar-refractivity contribution < 1.29 is 4.42 Å². The molecule has 0 amide bonds. The Balaban J connectivity index is 1.46. The molecule has 3 aromatic heterocycles. The first kappa shape index (κ1) is 21.6. The number of nitrogens with two attached hydrogens (primary N) is 2. The predicted molar refractivity (Wildman–Crippen MR) is 162 cm³/mol. The number of furan rings is 1. The molecule has 0 unspecified atom stereocenters. The van der Waals surface area contributed by atoms with Crippen LogP contribution in [0.1, 0.15) is 0 Å². The molecule has 39 heavy (non-hydrogen) atoms. The molecule has 0 aliphatic heterocycles. The molecule has 5 heteroatoms. The van der Waals surface area contributed by atoms with Gasteiger partial charge in [0, 0.05) is 32.9 Å². The number of nitrogens with zero attached hydrogens (tertiary/aromatic N) is 2. The Morgan fingerprint density at radius 2 is 1.08 bits per heavy atom. The summed E-state index contributed by atoms with van der Waals surface area (Å²) in [6.07, 6.45) is 0. The molecule has 3 heterocycles. The predicted octanol–water partition coefficient (Wildman–Crippen LogP) is 8.31. The van der Waals surface area contributed by atoms with Crippen LogP contribution in [0, 0.1) is 0 Å². The van der Waals surface area contributed by atoms with Crippen LogP contribution in [0.2, 0.25) is 0 Å². The third-order valence-corrected chi connectivity index (χ3v) is 7.69. The highest BCUT2D eigenvalue weighted by atomic mass is 16.3. The van der Waals surface area contributed by atoms with Gasteiger partial charge in [-0.25, -0.2) is 0 Å². The first-order valence-corrected chi connectivity index (χ1v) is 13.0. The van der Waals surface area contributed by atoms with E-state index in [1.54, 1.807) is 0 Å². The Bertz CT molecular complexity index is 2200. The summed E-state index contributed by atoms with van der Waals surface area (Å²) in [6.45, 7) is 0. The molecule has 186 valence electrons. The molecule has 5 aromatic carbocycles. The normalized spacial score (nSPS) is 11.8. The molecule has 0 aliphatic carbocycles. The van der Waals surface area contributed by atoms with Crippen LogP contribution in [0.15, 0.2) is 126 Å². The van der Waals surface area contributed by atoms with Gasteiger partial charge in [0.1, 0.15) is 11.3 Å². The number of rotatable bonds is 3. The SMILES string of the molecule is Nc1c(-c2c(N)c3ccccc3n2-c2ccc3c(c2)c2ccccc2n3-c2ccccc2)oc2ccccc12. The number of aromatic nitrogens is 2. The summed E-state index contributed by atoms with van der Waals surface area (Å²) in [5.74, 6) is 0.580. The zero-order valence-electron chi connectivity index (χ0n) is 21.0. The minimum atomic E-state index is 0.580. The summed E-state index contributed by atoms with van der Waals surface area (Å²) in [5.41, 5.74) is 21.7. The van der Waals surface area contributed by atoms with Gasteiger partial charge in [0.15, 0.2) is 5.76 Å². The maximum Gasteiger partial charge on any atom is 0.177 e. The van der Waals surface area contributed by atoms with Gasteiger partial charge >= 0.3 is 0 Å². The average Bonchev–Trinajstić information content (AvgIpc) is 3.60. The smallest absolute Gasteiger partial charge is 0.177 e. The molecule has 8 aromatic rings. The summed E-state index contributed by atoms with van der Waals surface area (Å²) >= 11 is 0. The van der Waals surface area contributed by atoms with Crippen molar-refractivity contribution in [3.05, 3.63) is 121 Å². The number of nitrogen functional groups attached to an aromatic ring is 2. The molecule has 0 bridgehead atoms. The summed E-state index contributed by atoms with van der Waals surface area (Å²) in [4.78, 5) is 0. The number of benzene rings is 5. The van der Waals surface area contributed by atoms with E-state index in [0.717, 1.165) is 55.4 Å². The molecule has 0 atom stereocenters. The molecule has 5 nitrogen and oxygen atoms in total. The van der Waals surface area contributed by atoms with Crippen molar-refractivity contribution in [2.75, 3.05) is 11.5 Å². The van der Waals surface area contributed by atoms with Crippen LogP contribution in [0.4, 0.5) is 11.4 Å². The van der Waals surface area contributed by atoms with E-state index in [1.165, 1.54) is 5.39 Å².